The number of ether oxygens (including phenoxy) is 1. The summed E-state index contributed by atoms with van der Waals surface area (Å²) in [6.45, 7) is 0.227. The van der Waals surface area contributed by atoms with Crippen molar-refractivity contribution < 1.29 is 14.6 Å². The average Bonchev–Trinajstić information content (AvgIpc) is 2.46. The van der Waals surface area contributed by atoms with Gasteiger partial charge in [0.25, 0.3) is 0 Å². The summed E-state index contributed by atoms with van der Waals surface area (Å²) in [6, 6.07) is 7.78. The average molecular weight is 263 g/mol. The van der Waals surface area contributed by atoms with Crippen LogP contribution in [0.2, 0.25) is 0 Å². The minimum atomic E-state index is -0.327. The van der Waals surface area contributed by atoms with Gasteiger partial charge < -0.3 is 15.2 Å². The summed E-state index contributed by atoms with van der Waals surface area (Å²) in [5, 5.41) is 12.1. The first kappa shape index (κ1) is 14.0. The number of aryl methyl sites for hydroxylation is 1. The first-order chi connectivity index (χ1) is 9.26. The van der Waals surface area contributed by atoms with Crippen LogP contribution in [0.3, 0.4) is 0 Å². The van der Waals surface area contributed by atoms with Crippen molar-refractivity contribution in [1.82, 2.24) is 5.32 Å². The standard InChI is InChI=1S/C15H21NO3/c1-19-10-12(9-17)16-15(18)14-8-4-6-11-5-2-3-7-13(11)14/h2-3,5,7,12,14,17H,4,6,8-10H2,1H3,(H,16,18). The molecule has 0 spiro atoms. The summed E-state index contributed by atoms with van der Waals surface area (Å²) >= 11 is 0. The molecule has 2 N–H and O–H groups in total. The fourth-order valence-corrected chi connectivity index (χ4v) is 2.67. The van der Waals surface area contributed by atoms with E-state index in [0.717, 1.165) is 24.8 Å². The van der Waals surface area contributed by atoms with E-state index in [-0.39, 0.29) is 24.5 Å². The molecule has 1 aromatic carbocycles. The molecule has 4 nitrogen and oxygen atoms in total. The largest absolute Gasteiger partial charge is 0.394 e. The van der Waals surface area contributed by atoms with Crippen molar-refractivity contribution in [2.45, 2.75) is 31.2 Å². The maximum atomic E-state index is 12.3. The van der Waals surface area contributed by atoms with E-state index in [0.29, 0.717) is 6.61 Å². The lowest BCUT2D eigenvalue weighted by molar-refractivity contribution is -0.124. The number of amides is 1. The fraction of sp³-hybridized carbons (Fsp3) is 0.533. The molecule has 2 unspecified atom stereocenters. The van der Waals surface area contributed by atoms with Crippen molar-refractivity contribution >= 4 is 5.91 Å². The highest BCUT2D eigenvalue weighted by Gasteiger charge is 2.27. The van der Waals surface area contributed by atoms with Gasteiger partial charge in [0, 0.05) is 7.11 Å². The molecule has 4 heteroatoms. The van der Waals surface area contributed by atoms with Crippen molar-refractivity contribution in [2.75, 3.05) is 20.3 Å². The van der Waals surface area contributed by atoms with Crippen LogP contribution in [-0.4, -0.2) is 37.4 Å². The molecule has 0 heterocycles. The Hall–Kier alpha value is -1.39. The van der Waals surface area contributed by atoms with E-state index in [1.807, 2.05) is 18.2 Å². The van der Waals surface area contributed by atoms with E-state index in [4.69, 9.17) is 4.74 Å². The first-order valence-corrected chi connectivity index (χ1v) is 6.74. The topological polar surface area (TPSA) is 58.6 Å². The van der Waals surface area contributed by atoms with Crippen LogP contribution in [0.5, 0.6) is 0 Å². The zero-order valence-electron chi connectivity index (χ0n) is 11.3. The monoisotopic (exact) mass is 263 g/mol. The number of aliphatic hydroxyl groups excluding tert-OH is 1. The Balaban J connectivity index is 2.08. The molecule has 0 aromatic heterocycles. The van der Waals surface area contributed by atoms with Crippen LogP contribution in [0.25, 0.3) is 0 Å². The molecule has 1 amide bonds. The lowest BCUT2D eigenvalue weighted by Gasteiger charge is -2.26. The Morgan fingerprint density at radius 3 is 3.05 bits per heavy atom. The second kappa shape index (κ2) is 6.68. The van der Waals surface area contributed by atoms with Gasteiger partial charge >= 0.3 is 0 Å². The lowest BCUT2D eigenvalue weighted by Crippen LogP contribution is -2.43. The number of nitrogens with one attached hydrogen (secondary N) is 1. The highest BCUT2D eigenvalue weighted by atomic mass is 16.5. The molecule has 2 atom stereocenters. The third-order valence-electron chi connectivity index (χ3n) is 3.62. The Morgan fingerprint density at radius 1 is 1.53 bits per heavy atom. The molecular weight excluding hydrogens is 242 g/mol. The van der Waals surface area contributed by atoms with E-state index in [9.17, 15) is 9.90 Å². The smallest absolute Gasteiger partial charge is 0.227 e. The molecule has 0 aliphatic heterocycles. The highest BCUT2D eigenvalue weighted by Crippen LogP contribution is 2.31. The molecule has 2 rings (SSSR count). The Kier molecular flexibility index (Phi) is 4.93. The van der Waals surface area contributed by atoms with Crippen molar-refractivity contribution in [1.29, 1.82) is 0 Å². The summed E-state index contributed by atoms with van der Waals surface area (Å²) in [7, 11) is 1.56. The zero-order valence-corrected chi connectivity index (χ0v) is 11.3. The van der Waals surface area contributed by atoms with E-state index in [1.165, 1.54) is 5.56 Å². The van der Waals surface area contributed by atoms with Crippen molar-refractivity contribution in [3.8, 4) is 0 Å². The van der Waals surface area contributed by atoms with Crippen LogP contribution >= 0.6 is 0 Å². The highest BCUT2D eigenvalue weighted by molar-refractivity contribution is 5.84. The van der Waals surface area contributed by atoms with Gasteiger partial charge in [-0.05, 0) is 30.4 Å². The molecule has 0 saturated heterocycles. The van der Waals surface area contributed by atoms with Gasteiger partial charge in [-0.2, -0.15) is 0 Å². The van der Waals surface area contributed by atoms with Crippen LogP contribution in [0, 0.1) is 0 Å². The van der Waals surface area contributed by atoms with E-state index in [2.05, 4.69) is 11.4 Å². The summed E-state index contributed by atoms with van der Waals surface area (Å²) in [4.78, 5) is 12.3. The Labute approximate surface area is 113 Å². The predicted octanol–water partition coefficient (Wildman–Crippen LogP) is 1.23. The minimum Gasteiger partial charge on any atom is -0.394 e. The van der Waals surface area contributed by atoms with Crippen LogP contribution in [-0.2, 0) is 16.0 Å². The summed E-state index contributed by atoms with van der Waals surface area (Å²) in [5.41, 5.74) is 2.39. The van der Waals surface area contributed by atoms with Gasteiger partial charge in [0.05, 0.1) is 25.2 Å². The molecular formula is C15H21NO3. The summed E-state index contributed by atoms with van der Waals surface area (Å²) < 4.78 is 4.98. The molecule has 104 valence electrons. The van der Waals surface area contributed by atoms with Crippen molar-refractivity contribution in [3.63, 3.8) is 0 Å². The summed E-state index contributed by atoms with van der Waals surface area (Å²) in [6.07, 6.45) is 2.94. The molecule has 1 aromatic rings. The molecule has 19 heavy (non-hydrogen) atoms. The van der Waals surface area contributed by atoms with Gasteiger partial charge in [-0.1, -0.05) is 24.3 Å². The lowest BCUT2D eigenvalue weighted by atomic mass is 9.82. The number of hydrogen-bond donors (Lipinski definition) is 2. The third-order valence-corrected chi connectivity index (χ3v) is 3.62. The fourth-order valence-electron chi connectivity index (χ4n) is 2.67. The molecule has 1 aliphatic rings. The van der Waals surface area contributed by atoms with Crippen LogP contribution in [0.1, 0.15) is 29.9 Å². The van der Waals surface area contributed by atoms with E-state index >= 15 is 0 Å². The van der Waals surface area contributed by atoms with Crippen LogP contribution in [0.15, 0.2) is 24.3 Å². The second-order valence-electron chi connectivity index (χ2n) is 4.99. The van der Waals surface area contributed by atoms with Gasteiger partial charge in [-0.15, -0.1) is 0 Å². The number of hydrogen-bond acceptors (Lipinski definition) is 3. The summed E-state index contributed by atoms with van der Waals surface area (Å²) in [5.74, 6) is -0.112. The van der Waals surface area contributed by atoms with Gasteiger partial charge in [0.15, 0.2) is 0 Å². The molecule has 0 bridgehead atoms. The van der Waals surface area contributed by atoms with Crippen LogP contribution in [0.4, 0.5) is 0 Å². The first-order valence-electron chi connectivity index (χ1n) is 6.74. The third kappa shape index (κ3) is 3.33. The number of carbonyl (C=O) groups is 1. The number of fused-ring (bicyclic) bond motifs is 1. The molecule has 1 aliphatic carbocycles. The van der Waals surface area contributed by atoms with Gasteiger partial charge in [-0.3, -0.25) is 4.79 Å². The maximum absolute atomic E-state index is 12.3. The number of carbonyl (C=O) groups excluding carboxylic acids is 1. The van der Waals surface area contributed by atoms with E-state index in [1.54, 1.807) is 7.11 Å². The number of methoxy groups -OCH3 is 1. The number of benzene rings is 1. The van der Waals surface area contributed by atoms with Gasteiger partial charge in [0.1, 0.15) is 0 Å². The Morgan fingerprint density at radius 2 is 2.32 bits per heavy atom. The predicted molar refractivity (Wildman–Crippen MR) is 73.0 cm³/mol. The molecule has 0 radical (unpaired) electrons. The molecule has 0 saturated carbocycles. The number of aliphatic hydroxyl groups is 1. The normalized spacial score (nSPS) is 19.6. The zero-order chi connectivity index (χ0) is 13.7. The van der Waals surface area contributed by atoms with Crippen molar-refractivity contribution in [2.24, 2.45) is 0 Å². The van der Waals surface area contributed by atoms with Crippen molar-refractivity contribution in [3.05, 3.63) is 35.4 Å². The quantitative estimate of drug-likeness (QED) is 0.840. The Bertz CT molecular complexity index is 433. The van der Waals surface area contributed by atoms with Gasteiger partial charge in [-0.25, -0.2) is 0 Å². The molecule has 0 fully saturated rings. The van der Waals surface area contributed by atoms with Gasteiger partial charge in [0.2, 0.25) is 5.91 Å². The van der Waals surface area contributed by atoms with E-state index < -0.39 is 0 Å². The maximum Gasteiger partial charge on any atom is 0.227 e. The SMILES string of the molecule is COCC(CO)NC(=O)C1CCCc2ccccc21. The van der Waals surface area contributed by atoms with Crippen LogP contribution < -0.4 is 5.32 Å². The number of rotatable bonds is 5. The minimum absolute atomic E-state index is 0.0109. The second-order valence-corrected chi connectivity index (χ2v) is 4.99.